The number of halogens is 1. The summed E-state index contributed by atoms with van der Waals surface area (Å²) in [4.78, 5) is 26.0. The van der Waals surface area contributed by atoms with Crippen molar-refractivity contribution in [3.8, 4) is 0 Å². The second kappa shape index (κ2) is 6.97. The van der Waals surface area contributed by atoms with E-state index in [1.54, 1.807) is 38.1 Å². The molecule has 2 aromatic carbocycles. The minimum absolute atomic E-state index is 0.0621. The van der Waals surface area contributed by atoms with E-state index in [1.165, 1.54) is 12.1 Å². The molecule has 4 rings (SSSR count). The highest BCUT2D eigenvalue weighted by Crippen LogP contribution is 2.33. The molecule has 0 saturated heterocycles. The molecule has 1 N–H and O–H groups in total. The molecule has 0 bridgehead atoms. The molecular weight excluding hydrogens is 381 g/mol. The average Bonchev–Trinajstić information content (AvgIpc) is 3.27. The van der Waals surface area contributed by atoms with Crippen LogP contribution in [0.25, 0.3) is 11.0 Å². The third-order valence-electron chi connectivity index (χ3n) is 4.33. The number of anilines is 1. The number of furan rings is 1. The number of ketones is 1. The number of fused-ring (bicyclic) bond motifs is 1. The molecule has 0 aliphatic heterocycles. The monoisotopic (exact) mass is 395 g/mol. The van der Waals surface area contributed by atoms with Crippen LogP contribution >= 0.6 is 11.5 Å². The van der Waals surface area contributed by atoms with Crippen molar-refractivity contribution < 1.29 is 18.4 Å². The van der Waals surface area contributed by atoms with Crippen molar-refractivity contribution in [3.63, 3.8) is 0 Å². The topological polar surface area (TPSA) is 85.1 Å². The van der Waals surface area contributed by atoms with Crippen LogP contribution in [0.2, 0.25) is 0 Å². The van der Waals surface area contributed by atoms with Gasteiger partial charge in [0.15, 0.2) is 5.76 Å². The van der Waals surface area contributed by atoms with Crippen molar-refractivity contribution in [2.75, 3.05) is 5.32 Å². The smallest absolute Gasteiger partial charge is 0.269 e. The number of para-hydroxylation sites is 1. The van der Waals surface area contributed by atoms with Crippen LogP contribution in [-0.2, 0) is 0 Å². The molecule has 0 aliphatic carbocycles. The minimum atomic E-state index is -0.524. The average molecular weight is 395 g/mol. The van der Waals surface area contributed by atoms with E-state index < -0.39 is 17.5 Å². The molecule has 8 heteroatoms. The Bertz CT molecular complexity index is 1230. The lowest BCUT2D eigenvalue weighted by molar-refractivity contribution is 0.101. The summed E-state index contributed by atoms with van der Waals surface area (Å²) in [6.45, 7) is 3.29. The van der Waals surface area contributed by atoms with Crippen molar-refractivity contribution in [3.05, 3.63) is 75.7 Å². The third-order valence-corrected chi connectivity index (χ3v) is 5.16. The molecule has 2 aromatic heterocycles. The standard InChI is InChI=1S/C20H14FN3O3S/c1-10-7-8-12(9-14(10)21)17(25)18-16(13-5-3-4-6-15(13)27-18)22-20(26)19-11(2)23-24-28-19/h3-9H,1-2H3,(H,22,26). The van der Waals surface area contributed by atoms with Crippen LogP contribution in [0, 0.1) is 19.7 Å². The summed E-state index contributed by atoms with van der Waals surface area (Å²) in [6, 6.07) is 11.2. The van der Waals surface area contributed by atoms with Crippen LogP contribution in [0.5, 0.6) is 0 Å². The van der Waals surface area contributed by atoms with Gasteiger partial charge in [0.25, 0.3) is 5.91 Å². The first kappa shape index (κ1) is 18.0. The van der Waals surface area contributed by atoms with E-state index in [4.69, 9.17) is 4.42 Å². The van der Waals surface area contributed by atoms with Gasteiger partial charge >= 0.3 is 0 Å². The van der Waals surface area contributed by atoms with Gasteiger partial charge in [-0.1, -0.05) is 28.8 Å². The van der Waals surface area contributed by atoms with Crippen LogP contribution in [0.4, 0.5) is 10.1 Å². The Morgan fingerprint density at radius 3 is 2.64 bits per heavy atom. The fourth-order valence-corrected chi connectivity index (χ4v) is 3.36. The van der Waals surface area contributed by atoms with Crippen molar-refractivity contribution in [2.45, 2.75) is 13.8 Å². The van der Waals surface area contributed by atoms with E-state index in [2.05, 4.69) is 14.9 Å². The molecule has 2 heterocycles. The van der Waals surface area contributed by atoms with Gasteiger partial charge < -0.3 is 9.73 Å². The maximum Gasteiger partial charge on any atom is 0.269 e. The fraction of sp³-hybridized carbons (Fsp3) is 0.100. The molecule has 1 amide bonds. The third kappa shape index (κ3) is 3.07. The number of benzene rings is 2. The maximum atomic E-state index is 13.9. The maximum absolute atomic E-state index is 13.9. The van der Waals surface area contributed by atoms with Gasteiger partial charge in [-0.05, 0) is 49.1 Å². The van der Waals surface area contributed by atoms with Crippen molar-refractivity contribution in [1.82, 2.24) is 9.59 Å². The fourth-order valence-electron chi connectivity index (χ4n) is 2.80. The van der Waals surface area contributed by atoms with E-state index in [0.717, 1.165) is 17.6 Å². The molecule has 0 atom stereocenters. The first-order chi connectivity index (χ1) is 13.5. The molecule has 0 aliphatic rings. The van der Waals surface area contributed by atoms with Crippen LogP contribution in [-0.4, -0.2) is 21.3 Å². The van der Waals surface area contributed by atoms with Crippen LogP contribution in [0.3, 0.4) is 0 Å². The van der Waals surface area contributed by atoms with Gasteiger partial charge in [-0.25, -0.2) is 4.39 Å². The van der Waals surface area contributed by atoms with Gasteiger partial charge in [0, 0.05) is 10.9 Å². The van der Waals surface area contributed by atoms with Crippen LogP contribution < -0.4 is 5.32 Å². The van der Waals surface area contributed by atoms with E-state index in [1.807, 2.05) is 0 Å². The zero-order valence-electron chi connectivity index (χ0n) is 14.9. The molecule has 4 aromatic rings. The van der Waals surface area contributed by atoms with Gasteiger partial charge in [-0.2, -0.15) is 0 Å². The summed E-state index contributed by atoms with van der Waals surface area (Å²) in [5.41, 5.74) is 1.73. The van der Waals surface area contributed by atoms with Gasteiger partial charge in [0.05, 0.1) is 11.4 Å². The molecule has 0 fully saturated rings. The summed E-state index contributed by atoms with van der Waals surface area (Å²) >= 11 is 0.961. The number of carbonyl (C=O) groups is 2. The van der Waals surface area contributed by atoms with Crippen LogP contribution in [0.15, 0.2) is 46.9 Å². The van der Waals surface area contributed by atoms with E-state index in [0.29, 0.717) is 27.1 Å². The SMILES string of the molecule is Cc1ccc(C(=O)c2oc3ccccc3c2NC(=O)c2snnc2C)cc1F. The van der Waals surface area contributed by atoms with E-state index in [-0.39, 0.29) is 17.0 Å². The number of hydrogen-bond donors (Lipinski definition) is 1. The Morgan fingerprint density at radius 1 is 1.14 bits per heavy atom. The highest BCUT2D eigenvalue weighted by Gasteiger charge is 2.25. The largest absolute Gasteiger partial charge is 0.450 e. The number of hydrogen-bond acceptors (Lipinski definition) is 6. The zero-order valence-corrected chi connectivity index (χ0v) is 15.8. The first-order valence-corrected chi connectivity index (χ1v) is 9.15. The Morgan fingerprint density at radius 2 is 1.93 bits per heavy atom. The molecule has 0 unspecified atom stereocenters. The molecule has 6 nitrogen and oxygen atoms in total. The molecule has 0 spiro atoms. The summed E-state index contributed by atoms with van der Waals surface area (Å²) in [5, 5.41) is 7.14. The van der Waals surface area contributed by atoms with Crippen molar-refractivity contribution in [2.24, 2.45) is 0 Å². The molecule has 140 valence electrons. The highest BCUT2D eigenvalue weighted by atomic mass is 32.1. The Balaban J connectivity index is 1.81. The van der Waals surface area contributed by atoms with E-state index >= 15 is 0 Å². The lowest BCUT2D eigenvalue weighted by atomic mass is 10.0. The Labute approximate surface area is 163 Å². The van der Waals surface area contributed by atoms with E-state index in [9.17, 15) is 14.0 Å². The summed E-state index contributed by atoms with van der Waals surface area (Å²) in [7, 11) is 0. The number of carbonyl (C=O) groups excluding carboxylic acids is 2. The lowest BCUT2D eigenvalue weighted by Gasteiger charge is -2.06. The second-order valence-corrected chi connectivity index (χ2v) is 6.99. The van der Waals surface area contributed by atoms with Gasteiger partial charge in [-0.15, -0.1) is 5.10 Å². The number of aryl methyl sites for hydroxylation is 2. The van der Waals surface area contributed by atoms with Gasteiger partial charge in [0.2, 0.25) is 5.78 Å². The Hall–Kier alpha value is -3.39. The first-order valence-electron chi connectivity index (χ1n) is 8.38. The molecule has 0 radical (unpaired) electrons. The second-order valence-electron chi connectivity index (χ2n) is 6.24. The number of nitrogens with zero attached hydrogens (tertiary/aromatic N) is 2. The zero-order chi connectivity index (χ0) is 19.8. The minimum Gasteiger partial charge on any atom is -0.450 e. The predicted octanol–water partition coefficient (Wildman–Crippen LogP) is 4.52. The van der Waals surface area contributed by atoms with Gasteiger partial charge in [0.1, 0.15) is 16.3 Å². The summed E-state index contributed by atoms with van der Waals surface area (Å²) < 4.78 is 23.4. The molecule has 0 saturated carbocycles. The number of nitrogens with one attached hydrogen (secondary N) is 1. The normalized spacial score (nSPS) is 11.0. The number of amides is 1. The van der Waals surface area contributed by atoms with Gasteiger partial charge in [-0.3, -0.25) is 9.59 Å². The number of rotatable bonds is 4. The highest BCUT2D eigenvalue weighted by molar-refractivity contribution is 7.08. The number of aromatic nitrogens is 2. The molecular formula is C20H14FN3O3S. The van der Waals surface area contributed by atoms with Crippen molar-refractivity contribution in [1.29, 1.82) is 0 Å². The predicted molar refractivity (Wildman–Crippen MR) is 103 cm³/mol. The molecule has 28 heavy (non-hydrogen) atoms. The lowest BCUT2D eigenvalue weighted by Crippen LogP contribution is -2.14. The summed E-state index contributed by atoms with van der Waals surface area (Å²) in [5.74, 6) is -1.51. The van der Waals surface area contributed by atoms with Crippen LogP contribution in [0.1, 0.15) is 37.0 Å². The van der Waals surface area contributed by atoms with Crippen molar-refractivity contribution >= 4 is 39.9 Å². The summed E-state index contributed by atoms with van der Waals surface area (Å²) in [6.07, 6.45) is 0. The quantitative estimate of drug-likeness (QED) is 0.514. The Kier molecular flexibility index (Phi) is 4.48.